The number of thioether (sulfide) groups is 1. The van der Waals surface area contributed by atoms with E-state index in [1.54, 1.807) is 28.6 Å². The second-order valence-electron chi connectivity index (χ2n) is 6.57. The Balaban J connectivity index is 1.78. The van der Waals surface area contributed by atoms with Gasteiger partial charge in [0.1, 0.15) is 5.82 Å². The van der Waals surface area contributed by atoms with Gasteiger partial charge in [-0.25, -0.2) is 4.39 Å². The van der Waals surface area contributed by atoms with Crippen LogP contribution in [0.3, 0.4) is 0 Å². The summed E-state index contributed by atoms with van der Waals surface area (Å²) in [6.45, 7) is 2.90. The molecule has 6 heteroatoms. The first-order chi connectivity index (χ1) is 11.6. The lowest BCUT2D eigenvalue weighted by atomic mass is 10.0. The molecule has 0 spiro atoms. The van der Waals surface area contributed by atoms with E-state index < -0.39 is 0 Å². The van der Waals surface area contributed by atoms with Gasteiger partial charge < -0.3 is 4.90 Å². The molecule has 1 aromatic heterocycles. The molecule has 0 N–H and O–H groups in total. The highest BCUT2D eigenvalue weighted by Crippen LogP contribution is 2.43. The minimum Gasteiger partial charge on any atom is -0.335 e. The molecule has 1 saturated heterocycles. The summed E-state index contributed by atoms with van der Waals surface area (Å²) < 4.78 is 15.4. The van der Waals surface area contributed by atoms with E-state index in [2.05, 4.69) is 12.0 Å². The molecule has 1 aromatic carbocycles. The Kier molecular flexibility index (Phi) is 3.87. The van der Waals surface area contributed by atoms with Crippen LogP contribution in [0, 0.1) is 5.82 Å². The van der Waals surface area contributed by atoms with Crippen LogP contribution in [0.4, 0.5) is 4.39 Å². The van der Waals surface area contributed by atoms with Crippen LogP contribution in [-0.2, 0) is 12.8 Å². The number of benzene rings is 1. The van der Waals surface area contributed by atoms with Gasteiger partial charge in [-0.1, -0.05) is 0 Å². The van der Waals surface area contributed by atoms with Gasteiger partial charge in [0.15, 0.2) is 5.69 Å². The van der Waals surface area contributed by atoms with Crippen molar-refractivity contribution < 1.29 is 9.18 Å². The Bertz CT molecular complexity index is 817. The normalized spacial score (nSPS) is 19.8. The summed E-state index contributed by atoms with van der Waals surface area (Å²) in [5.74, 6) is 0.450. The summed E-state index contributed by atoms with van der Waals surface area (Å²) in [7, 11) is 1.83. The van der Waals surface area contributed by atoms with Crippen molar-refractivity contribution in [3.05, 3.63) is 35.3 Å². The summed E-state index contributed by atoms with van der Waals surface area (Å²) in [4.78, 5) is 16.0. The highest BCUT2D eigenvalue weighted by Gasteiger charge is 2.32. The van der Waals surface area contributed by atoms with Crippen LogP contribution < -0.4 is 0 Å². The van der Waals surface area contributed by atoms with E-state index in [-0.39, 0.29) is 17.8 Å². The van der Waals surface area contributed by atoms with Gasteiger partial charge in [0.2, 0.25) is 0 Å². The zero-order valence-corrected chi connectivity index (χ0v) is 14.7. The van der Waals surface area contributed by atoms with Gasteiger partial charge in [-0.05, 0) is 44.4 Å². The van der Waals surface area contributed by atoms with Crippen LogP contribution in [-0.4, -0.2) is 33.2 Å². The molecule has 1 unspecified atom stereocenters. The highest BCUT2D eigenvalue weighted by molar-refractivity contribution is 7.98. The molecule has 0 aliphatic carbocycles. The predicted octanol–water partition coefficient (Wildman–Crippen LogP) is 3.85. The third kappa shape index (κ3) is 2.44. The molecule has 0 bridgehead atoms. The first-order valence-electron chi connectivity index (χ1n) is 8.36. The van der Waals surface area contributed by atoms with Crippen LogP contribution in [0.5, 0.6) is 0 Å². The summed E-state index contributed by atoms with van der Waals surface area (Å²) in [6, 6.07) is 5.08. The van der Waals surface area contributed by atoms with E-state index in [1.165, 1.54) is 12.5 Å². The minimum absolute atomic E-state index is 0.0134. The van der Waals surface area contributed by atoms with E-state index >= 15 is 0 Å². The summed E-state index contributed by atoms with van der Waals surface area (Å²) >= 11 is 1.64. The average molecular weight is 345 g/mol. The number of aryl methyl sites for hydroxylation is 1. The lowest BCUT2D eigenvalue weighted by Crippen LogP contribution is -2.42. The molecule has 2 aliphatic heterocycles. The highest BCUT2D eigenvalue weighted by atomic mass is 32.2. The van der Waals surface area contributed by atoms with Crippen molar-refractivity contribution in [3.8, 4) is 11.3 Å². The lowest BCUT2D eigenvalue weighted by Gasteiger charge is -2.33. The number of amides is 1. The number of carbonyl (C=O) groups is 1. The van der Waals surface area contributed by atoms with Crippen molar-refractivity contribution in [1.82, 2.24) is 14.7 Å². The number of piperidine rings is 1. The Morgan fingerprint density at radius 3 is 3.00 bits per heavy atom. The maximum Gasteiger partial charge on any atom is 0.274 e. The molecule has 1 atom stereocenters. The fraction of sp³-hybridized carbons (Fsp3) is 0.444. The molecule has 1 amide bonds. The maximum absolute atomic E-state index is 13.7. The van der Waals surface area contributed by atoms with Crippen LogP contribution >= 0.6 is 11.8 Å². The number of fused-ring (bicyclic) bond motifs is 3. The van der Waals surface area contributed by atoms with Crippen LogP contribution in [0.1, 0.15) is 42.2 Å². The van der Waals surface area contributed by atoms with Crippen molar-refractivity contribution in [2.75, 3.05) is 6.54 Å². The third-order valence-corrected chi connectivity index (χ3v) is 6.08. The minimum atomic E-state index is -0.263. The zero-order chi connectivity index (χ0) is 16.8. The molecule has 1 fully saturated rings. The Hall–Kier alpha value is -1.82. The fourth-order valence-corrected chi connectivity index (χ4v) is 4.76. The standard InChI is InChI=1S/C18H20FN3OS/c1-11-5-3-4-8-22(11)18(23)16-14-10-24-15-7-6-12(19)9-13(15)17(14)21(2)20-16/h6-7,9,11H,3-5,8,10H2,1-2H3. The molecule has 3 heterocycles. The fourth-order valence-electron chi connectivity index (χ4n) is 3.71. The second kappa shape index (κ2) is 5.92. The number of carbonyl (C=O) groups excluding carboxylic acids is 1. The number of aromatic nitrogens is 2. The third-order valence-electron chi connectivity index (χ3n) is 4.98. The van der Waals surface area contributed by atoms with E-state index in [9.17, 15) is 9.18 Å². The molecule has 4 nitrogen and oxygen atoms in total. The maximum atomic E-state index is 13.7. The molecule has 24 heavy (non-hydrogen) atoms. The van der Waals surface area contributed by atoms with Gasteiger partial charge in [-0.2, -0.15) is 5.10 Å². The molecule has 4 rings (SSSR count). The van der Waals surface area contributed by atoms with Crippen molar-refractivity contribution in [2.45, 2.75) is 42.9 Å². The summed E-state index contributed by atoms with van der Waals surface area (Å²) in [5.41, 5.74) is 3.17. The quantitative estimate of drug-likeness (QED) is 0.788. The summed E-state index contributed by atoms with van der Waals surface area (Å²) in [5, 5.41) is 4.52. The smallest absolute Gasteiger partial charge is 0.274 e. The lowest BCUT2D eigenvalue weighted by molar-refractivity contribution is 0.0628. The van der Waals surface area contributed by atoms with Crippen LogP contribution in [0.25, 0.3) is 11.3 Å². The van der Waals surface area contributed by atoms with Crippen molar-refractivity contribution in [1.29, 1.82) is 0 Å². The van der Waals surface area contributed by atoms with Crippen molar-refractivity contribution in [2.24, 2.45) is 7.05 Å². The first kappa shape index (κ1) is 15.7. The van der Waals surface area contributed by atoms with Gasteiger partial charge >= 0.3 is 0 Å². The second-order valence-corrected chi connectivity index (χ2v) is 7.59. The van der Waals surface area contributed by atoms with Crippen LogP contribution in [0.15, 0.2) is 23.1 Å². The molecular formula is C18H20FN3OS. The number of rotatable bonds is 1. The first-order valence-corrected chi connectivity index (χ1v) is 9.34. The monoisotopic (exact) mass is 345 g/mol. The number of hydrogen-bond donors (Lipinski definition) is 0. The molecule has 2 aromatic rings. The Morgan fingerprint density at radius 1 is 1.38 bits per heavy atom. The predicted molar refractivity (Wildman–Crippen MR) is 92.5 cm³/mol. The number of halogens is 1. The van der Waals surface area contributed by atoms with Crippen molar-refractivity contribution >= 4 is 17.7 Å². The Labute approximate surface area is 145 Å². The van der Waals surface area contributed by atoms with Gasteiger partial charge in [-0.3, -0.25) is 9.48 Å². The molecule has 2 aliphatic rings. The van der Waals surface area contributed by atoms with Gasteiger partial charge in [0, 0.05) is 41.4 Å². The van der Waals surface area contributed by atoms with Crippen LogP contribution in [0.2, 0.25) is 0 Å². The van der Waals surface area contributed by atoms with Gasteiger partial charge in [-0.15, -0.1) is 11.8 Å². The Morgan fingerprint density at radius 2 is 2.21 bits per heavy atom. The molecular weight excluding hydrogens is 325 g/mol. The largest absolute Gasteiger partial charge is 0.335 e. The molecule has 126 valence electrons. The molecule has 0 saturated carbocycles. The topological polar surface area (TPSA) is 38.1 Å². The summed E-state index contributed by atoms with van der Waals surface area (Å²) in [6.07, 6.45) is 3.27. The zero-order valence-electron chi connectivity index (χ0n) is 13.9. The van der Waals surface area contributed by atoms with Crippen molar-refractivity contribution in [3.63, 3.8) is 0 Å². The van der Waals surface area contributed by atoms with E-state index in [4.69, 9.17) is 0 Å². The number of hydrogen-bond acceptors (Lipinski definition) is 3. The van der Waals surface area contributed by atoms with E-state index in [1.807, 2.05) is 11.9 Å². The van der Waals surface area contributed by atoms with E-state index in [0.29, 0.717) is 11.4 Å². The number of likely N-dealkylation sites (tertiary alicyclic amines) is 1. The van der Waals surface area contributed by atoms with Gasteiger partial charge in [0.25, 0.3) is 5.91 Å². The number of nitrogens with zero attached hydrogens (tertiary/aromatic N) is 3. The van der Waals surface area contributed by atoms with E-state index in [0.717, 1.165) is 41.1 Å². The molecule has 0 radical (unpaired) electrons. The average Bonchev–Trinajstić information content (AvgIpc) is 2.92. The SMILES string of the molecule is CC1CCCCN1C(=O)c1nn(C)c2c1CSc1ccc(F)cc1-2. The van der Waals surface area contributed by atoms with Gasteiger partial charge in [0.05, 0.1) is 5.69 Å².